The summed E-state index contributed by atoms with van der Waals surface area (Å²) < 4.78 is 0. The van der Waals surface area contributed by atoms with Gasteiger partial charge in [0.05, 0.1) is 17.6 Å². The van der Waals surface area contributed by atoms with Gasteiger partial charge in [-0.05, 0) is 36.2 Å². The average molecular weight is 225 g/mol. The Balaban J connectivity index is 2.47. The molecule has 0 aromatic heterocycles. The summed E-state index contributed by atoms with van der Waals surface area (Å²) in [5.74, 6) is 0. The van der Waals surface area contributed by atoms with Crippen molar-refractivity contribution in [2.24, 2.45) is 5.41 Å². The van der Waals surface area contributed by atoms with Crippen molar-refractivity contribution in [1.29, 1.82) is 5.26 Å². The van der Waals surface area contributed by atoms with Gasteiger partial charge >= 0.3 is 0 Å². The first-order chi connectivity index (χ1) is 8.04. The number of nitrogens with zero attached hydrogens (tertiary/aromatic N) is 1. The van der Waals surface area contributed by atoms with Crippen molar-refractivity contribution >= 4 is 10.8 Å². The number of aliphatic hydroxyl groups is 1. The van der Waals surface area contributed by atoms with Crippen LogP contribution in [-0.4, -0.2) is 5.11 Å². The van der Waals surface area contributed by atoms with Crippen LogP contribution >= 0.6 is 0 Å². The van der Waals surface area contributed by atoms with Gasteiger partial charge in [0, 0.05) is 0 Å². The molecule has 0 saturated carbocycles. The van der Waals surface area contributed by atoms with Crippen LogP contribution in [0.3, 0.4) is 0 Å². The van der Waals surface area contributed by atoms with Gasteiger partial charge in [-0.2, -0.15) is 5.26 Å². The smallest absolute Gasteiger partial charge is 0.0971 e. The molecule has 0 heterocycles. The highest BCUT2D eigenvalue weighted by molar-refractivity contribution is 5.83. The molecule has 0 aliphatic heterocycles. The highest BCUT2D eigenvalue weighted by Crippen LogP contribution is 2.33. The maximum absolute atomic E-state index is 10.2. The minimum Gasteiger partial charge on any atom is -0.387 e. The molecular weight excluding hydrogens is 210 g/mol. The van der Waals surface area contributed by atoms with Gasteiger partial charge in [0.2, 0.25) is 0 Å². The van der Waals surface area contributed by atoms with Crippen molar-refractivity contribution in [3.8, 4) is 6.07 Å². The number of nitriles is 1. The lowest BCUT2D eigenvalue weighted by molar-refractivity contribution is 0.0869. The molecule has 2 rings (SSSR count). The van der Waals surface area contributed by atoms with E-state index in [1.807, 2.05) is 42.5 Å². The van der Waals surface area contributed by atoms with Crippen LogP contribution in [0.1, 0.15) is 25.5 Å². The molecule has 0 bridgehead atoms. The summed E-state index contributed by atoms with van der Waals surface area (Å²) in [6, 6.07) is 15.9. The Kier molecular flexibility index (Phi) is 2.87. The largest absolute Gasteiger partial charge is 0.387 e. The van der Waals surface area contributed by atoms with Crippen molar-refractivity contribution in [3.63, 3.8) is 0 Å². The molecule has 0 spiro atoms. The molecule has 1 atom stereocenters. The van der Waals surface area contributed by atoms with Crippen molar-refractivity contribution in [2.45, 2.75) is 20.0 Å². The predicted octanol–water partition coefficient (Wildman–Crippen LogP) is 3.42. The van der Waals surface area contributed by atoms with Crippen LogP contribution in [-0.2, 0) is 0 Å². The molecule has 2 aromatic carbocycles. The van der Waals surface area contributed by atoms with E-state index >= 15 is 0 Å². The molecule has 0 saturated heterocycles. The van der Waals surface area contributed by atoms with E-state index in [-0.39, 0.29) is 0 Å². The van der Waals surface area contributed by atoms with E-state index in [0.717, 1.165) is 16.3 Å². The Morgan fingerprint density at radius 1 is 1.12 bits per heavy atom. The van der Waals surface area contributed by atoms with Crippen LogP contribution in [0.2, 0.25) is 0 Å². The van der Waals surface area contributed by atoms with Crippen LogP contribution in [0.25, 0.3) is 10.8 Å². The second-order valence-corrected chi connectivity index (χ2v) is 4.84. The van der Waals surface area contributed by atoms with E-state index in [4.69, 9.17) is 5.26 Å². The molecule has 17 heavy (non-hydrogen) atoms. The average Bonchev–Trinajstić information content (AvgIpc) is 2.37. The predicted molar refractivity (Wildman–Crippen MR) is 68.3 cm³/mol. The second-order valence-electron chi connectivity index (χ2n) is 4.84. The summed E-state index contributed by atoms with van der Waals surface area (Å²) in [4.78, 5) is 0. The van der Waals surface area contributed by atoms with E-state index in [1.54, 1.807) is 13.8 Å². The van der Waals surface area contributed by atoms with Crippen LogP contribution < -0.4 is 0 Å². The molecule has 1 N–H and O–H groups in total. The van der Waals surface area contributed by atoms with Gasteiger partial charge in [-0.3, -0.25) is 0 Å². The zero-order chi connectivity index (χ0) is 12.5. The molecule has 0 amide bonds. The number of rotatable bonds is 2. The van der Waals surface area contributed by atoms with E-state index in [9.17, 15) is 5.11 Å². The summed E-state index contributed by atoms with van der Waals surface area (Å²) in [6.45, 7) is 3.49. The van der Waals surface area contributed by atoms with Gasteiger partial charge in [-0.1, -0.05) is 36.4 Å². The quantitative estimate of drug-likeness (QED) is 0.851. The second kappa shape index (κ2) is 4.20. The Labute approximate surface area is 101 Å². The molecule has 86 valence electrons. The minimum atomic E-state index is -0.775. The van der Waals surface area contributed by atoms with E-state index in [0.29, 0.717) is 0 Å². The maximum Gasteiger partial charge on any atom is 0.0971 e. The van der Waals surface area contributed by atoms with Crippen LogP contribution in [0.15, 0.2) is 42.5 Å². The monoisotopic (exact) mass is 225 g/mol. The number of aliphatic hydroxyl groups excluding tert-OH is 1. The molecule has 2 aromatic rings. The number of hydrogen-bond donors (Lipinski definition) is 1. The third-order valence-corrected chi connectivity index (χ3v) is 3.06. The zero-order valence-electron chi connectivity index (χ0n) is 10.0. The Hall–Kier alpha value is -1.85. The SMILES string of the molecule is CC(C)(C#N)C(O)c1ccc2ccccc2c1. The van der Waals surface area contributed by atoms with E-state index < -0.39 is 11.5 Å². The first-order valence-corrected chi connectivity index (χ1v) is 5.62. The highest BCUT2D eigenvalue weighted by atomic mass is 16.3. The van der Waals surface area contributed by atoms with Crippen LogP contribution in [0.4, 0.5) is 0 Å². The van der Waals surface area contributed by atoms with Gasteiger partial charge in [-0.15, -0.1) is 0 Å². The lowest BCUT2D eigenvalue weighted by atomic mass is 9.84. The third kappa shape index (κ3) is 2.15. The molecule has 2 heteroatoms. The first kappa shape index (κ1) is 11.6. The van der Waals surface area contributed by atoms with Crippen molar-refractivity contribution in [2.75, 3.05) is 0 Å². The van der Waals surface area contributed by atoms with Gasteiger partial charge in [0.15, 0.2) is 0 Å². The van der Waals surface area contributed by atoms with Gasteiger partial charge in [0.1, 0.15) is 0 Å². The van der Waals surface area contributed by atoms with Crippen LogP contribution in [0.5, 0.6) is 0 Å². The summed E-state index contributed by atoms with van der Waals surface area (Å²) in [5.41, 5.74) is 0.0119. The fourth-order valence-electron chi connectivity index (χ4n) is 1.86. The maximum atomic E-state index is 10.2. The number of hydrogen-bond acceptors (Lipinski definition) is 2. The Bertz CT molecular complexity index is 581. The first-order valence-electron chi connectivity index (χ1n) is 5.62. The van der Waals surface area contributed by atoms with Crippen LogP contribution in [0, 0.1) is 16.7 Å². The summed E-state index contributed by atoms with van der Waals surface area (Å²) >= 11 is 0. The molecule has 0 radical (unpaired) electrons. The minimum absolute atomic E-state index is 0.767. The summed E-state index contributed by atoms with van der Waals surface area (Å²) in [7, 11) is 0. The topological polar surface area (TPSA) is 44.0 Å². The molecule has 0 fully saturated rings. The Morgan fingerprint density at radius 3 is 2.41 bits per heavy atom. The van der Waals surface area contributed by atoms with Crippen molar-refractivity contribution in [1.82, 2.24) is 0 Å². The molecule has 2 nitrogen and oxygen atoms in total. The van der Waals surface area contributed by atoms with Gasteiger partial charge in [0.25, 0.3) is 0 Å². The molecule has 0 aliphatic carbocycles. The normalized spacial score (nSPS) is 13.3. The standard InChI is InChI=1S/C15H15NO/c1-15(2,10-16)14(17)13-8-7-11-5-3-4-6-12(11)9-13/h3-9,14,17H,1-2H3. The number of benzene rings is 2. The number of fused-ring (bicyclic) bond motifs is 1. The van der Waals surface area contributed by atoms with E-state index in [1.165, 1.54) is 0 Å². The van der Waals surface area contributed by atoms with Gasteiger partial charge < -0.3 is 5.11 Å². The lowest BCUT2D eigenvalue weighted by Gasteiger charge is -2.23. The molecular formula is C15H15NO. The summed E-state index contributed by atoms with van der Waals surface area (Å²) in [6.07, 6.45) is -0.767. The Morgan fingerprint density at radius 2 is 1.76 bits per heavy atom. The third-order valence-electron chi connectivity index (χ3n) is 3.06. The van der Waals surface area contributed by atoms with Crippen molar-refractivity contribution < 1.29 is 5.11 Å². The fraction of sp³-hybridized carbons (Fsp3) is 0.267. The fourth-order valence-corrected chi connectivity index (χ4v) is 1.86. The lowest BCUT2D eigenvalue weighted by Crippen LogP contribution is -2.19. The summed E-state index contributed by atoms with van der Waals surface area (Å²) in [5, 5.41) is 21.4. The van der Waals surface area contributed by atoms with E-state index in [2.05, 4.69) is 6.07 Å². The van der Waals surface area contributed by atoms with Crippen molar-refractivity contribution in [3.05, 3.63) is 48.0 Å². The molecule has 1 unspecified atom stereocenters. The molecule has 0 aliphatic rings. The zero-order valence-corrected chi connectivity index (χ0v) is 10.0. The highest BCUT2D eigenvalue weighted by Gasteiger charge is 2.28. The van der Waals surface area contributed by atoms with Gasteiger partial charge in [-0.25, -0.2) is 0 Å².